The molecule has 0 atom stereocenters. The number of hydrogen-bond donors (Lipinski definition) is 0. The monoisotopic (exact) mass is 263 g/mol. The molecule has 2 aromatic rings. The van der Waals surface area contributed by atoms with E-state index in [1.807, 2.05) is 12.1 Å². The molecule has 0 aliphatic rings. The largest absolute Gasteiger partial charge is 0.391 e. The minimum absolute atomic E-state index is 0.297. The van der Waals surface area contributed by atoms with Crippen molar-refractivity contribution in [1.82, 2.24) is 0 Å². The molecule has 92 valence electrons. The first-order valence-corrected chi connectivity index (χ1v) is 5.78. The summed E-state index contributed by atoms with van der Waals surface area (Å²) in [6.07, 6.45) is 1.35. The van der Waals surface area contributed by atoms with Crippen LogP contribution in [0.3, 0.4) is 0 Å². The summed E-state index contributed by atoms with van der Waals surface area (Å²) in [7, 11) is 0. The van der Waals surface area contributed by atoms with Gasteiger partial charge in [0.1, 0.15) is 12.4 Å². The van der Waals surface area contributed by atoms with Gasteiger partial charge in [0.25, 0.3) is 0 Å². The number of benzene rings is 2. The molecule has 2 nitrogen and oxygen atoms in total. The highest BCUT2D eigenvalue weighted by Crippen LogP contribution is 2.11. The fourth-order valence-corrected chi connectivity index (χ4v) is 1.63. The van der Waals surface area contributed by atoms with Crippen molar-refractivity contribution in [2.75, 3.05) is 0 Å². The number of hydrogen-bond acceptors (Lipinski definition) is 2. The molecule has 0 saturated carbocycles. The lowest BCUT2D eigenvalue weighted by molar-refractivity contribution is 0.132. The highest BCUT2D eigenvalue weighted by molar-refractivity contribution is 6.30. The average Bonchev–Trinajstić information content (AvgIpc) is 2.37. The molecule has 0 heterocycles. The fourth-order valence-electron chi connectivity index (χ4n) is 1.41. The van der Waals surface area contributed by atoms with Crippen LogP contribution in [0.5, 0.6) is 0 Å². The van der Waals surface area contributed by atoms with E-state index in [2.05, 4.69) is 5.16 Å². The summed E-state index contributed by atoms with van der Waals surface area (Å²) in [6, 6.07) is 13.7. The predicted octanol–water partition coefficient (Wildman–Crippen LogP) is 4.03. The summed E-state index contributed by atoms with van der Waals surface area (Å²) in [6.45, 7) is 0.297. The molecule has 0 radical (unpaired) electrons. The van der Waals surface area contributed by atoms with Gasteiger partial charge in [-0.25, -0.2) is 4.39 Å². The molecular formula is C14H11ClFNO. The molecule has 0 aliphatic carbocycles. The highest BCUT2D eigenvalue weighted by Gasteiger charge is 1.96. The second kappa shape index (κ2) is 6.17. The van der Waals surface area contributed by atoms with Gasteiger partial charge in [0, 0.05) is 10.6 Å². The highest BCUT2D eigenvalue weighted by atomic mass is 35.5. The fraction of sp³-hybridized carbons (Fsp3) is 0.0714. The molecule has 0 amide bonds. The van der Waals surface area contributed by atoms with E-state index in [4.69, 9.17) is 16.4 Å². The predicted molar refractivity (Wildman–Crippen MR) is 70.2 cm³/mol. The third kappa shape index (κ3) is 3.57. The van der Waals surface area contributed by atoms with E-state index < -0.39 is 0 Å². The van der Waals surface area contributed by atoms with E-state index in [0.717, 1.165) is 5.56 Å². The van der Waals surface area contributed by atoms with Crippen molar-refractivity contribution in [2.24, 2.45) is 5.16 Å². The molecule has 2 rings (SSSR count). The molecule has 0 saturated heterocycles. The molecule has 0 aromatic heterocycles. The van der Waals surface area contributed by atoms with Crippen LogP contribution in [0.25, 0.3) is 0 Å². The second-order valence-corrected chi connectivity index (χ2v) is 4.10. The van der Waals surface area contributed by atoms with Crippen molar-refractivity contribution in [1.29, 1.82) is 0 Å². The van der Waals surface area contributed by atoms with Crippen molar-refractivity contribution in [2.45, 2.75) is 6.61 Å². The first kappa shape index (κ1) is 12.6. The Morgan fingerprint density at radius 1 is 1.17 bits per heavy atom. The molecule has 0 spiro atoms. The van der Waals surface area contributed by atoms with Gasteiger partial charge in [0.05, 0.1) is 6.21 Å². The van der Waals surface area contributed by atoms with Gasteiger partial charge in [-0.2, -0.15) is 0 Å². The third-order valence-corrected chi connectivity index (χ3v) is 2.53. The van der Waals surface area contributed by atoms with Crippen LogP contribution in [0.1, 0.15) is 11.1 Å². The Bertz CT molecular complexity index is 557. The van der Waals surface area contributed by atoms with E-state index in [1.54, 1.807) is 30.3 Å². The Kier molecular flexibility index (Phi) is 4.31. The first-order chi connectivity index (χ1) is 8.75. The first-order valence-electron chi connectivity index (χ1n) is 5.40. The summed E-state index contributed by atoms with van der Waals surface area (Å²) in [5.41, 5.74) is 1.30. The Labute approximate surface area is 110 Å². The maximum atomic E-state index is 13.2. The lowest BCUT2D eigenvalue weighted by Gasteiger charge is -2.00. The van der Waals surface area contributed by atoms with Crippen molar-refractivity contribution in [3.63, 3.8) is 0 Å². The van der Waals surface area contributed by atoms with Crippen molar-refractivity contribution >= 4 is 17.8 Å². The maximum absolute atomic E-state index is 13.2. The quantitative estimate of drug-likeness (QED) is 0.603. The number of oxime groups is 1. The van der Waals surface area contributed by atoms with Gasteiger partial charge in [-0.1, -0.05) is 47.1 Å². The van der Waals surface area contributed by atoms with Crippen molar-refractivity contribution < 1.29 is 9.23 Å². The summed E-state index contributed by atoms with van der Waals surface area (Å²) in [5.74, 6) is -0.326. The van der Waals surface area contributed by atoms with E-state index in [9.17, 15) is 4.39 Å². The Balaban J connectivity index is 1.91. The van der Waals surface area contributed by atoms with Crippen LogP contribution >= 0.6 is 11.6 Å². The molecule has 18 heavy (non-hydrogen) atoms. The normalized spacial score (nSPS) is 10.8. The van der Waals surface area contributed by atoms with Crippen LogP contribution in [0.2, 0.25) is 5.02 Å². The topological polar surface area (TPSA) is 21.6 Å². The van der Waals surface area contributed by atoms with E-state index in [0.29, 0.717) is 17.2 Å². The summed E-state index contributed by atoms with van der Waals surface area (Å²) in [4.78, 5) is 5.08. The van der Waals surface area contributed by atoms with E-state index in [-0.39, 0.29) is 5.82 Å². The minimum Gasteiger partial charge on any atom is -0.391 e. The van der Waals surface area contributed by atoms with E-state index in [1.165, 1.54) is 12.3 Å². The molecule has 0 aliphatic heterocycles. The van der Waals surface area contributed by atoms with Crippen LogP contribution in [-0.2, 0) is 11.4 Å². The van der Waals surface area contributed by atoms with Crippen LogP contribution in [0.4, 0.5) is 4.39 Å². The zero-order chi connectivity index (χ0) is 12.8. The second-order valence-electron chi connectivity index (χ2n) is 3.66. The molecule has 0 unspecified atom stereocenters. The van der Waals surface area contributed by atoms with Gasteiger partial charge < -0.3 is 4.84 Å². The van der Waals surface area contributed by atoms with Crippen LogP contribution in [0, 0.1) is 5.82 Å². The Morgan fingerprint density at radius 2 is 2.00 bits per heavy atom. The van der Waals surface area contributed by atoms with Crippen LogP contribution in [-0.4, -0.2) is 6.21 Å². The Morgan fingerprint density at radius 3 is 2.78 bits per heavy atom. The molecule has 0 bridgehead atoms. The third-order valence-electron chi connectivity index (χ3n) is 2.29. The van der Waals surface area contributed by atoms with Gasteiger partial charge in [0.2, 0.25) is 0 Å². The van der Waals surface area contributed by atoms with Crippen LogP contribution < -0.4 is 0 Å². The molecule has 0 fully saturated rings. The summed E-state index contributed by atoms with van der Waals surface area (Å²) >= 11 is 5.83. The average molecular weight is 264 g/mol. The molecule has 2 aromatic carbocycles. The van der Waals surface area contributed by atoms with Crippen molar-refractivity contribution in [3.05, 3.63) is 70.5 Å². The van der Waals surface area contributed by atoms with Crippen LogP contribution in [0.15, 0.2) is 53.7 Å². The molecular weight excluding hydrogens is 253 g/mol. The lowest BCUT2D eigenvalue weighted by Crippen LogP contribution is -1.90. The molecule has 0 N–H and O–H groups in total. The number of halogens is 2. The standard InChI is InChI=1S/C14H11ClFNO/c15-13-6-3-4-11(8-13)10-18-17-9-12-5-1-2-7-14(12)16/h1-9H,10H2. The van der Waals surface area contributed by atoms with Gasteiger partial charge in [-0.15, -0.1) is 0 Å². The molecule has 4 heteroatoms. The van der Waals surface area contributed by atoms with Gasteiger partial charge in [-0.3, -0.25) is 0 Å². The maximum Gasteiger partial charge on any atom is 0.142 e. The number of rotatable bonds is 4. The SMILES string of the molecule is Fc1ccccc1C=NOCc1cccc(Cl)c1. The van der Waals surface area contributed by atoms with Gasteiger partial charge in [0.15, 0.2) is 0 Å². The van der Waals surface area contributed by atoms with Crippen molar-refractivity contribution in [3.8, 4) is 0 Å². The van der Waals surface area contributed by atoms with Gasteiger partial charge in [-0.05, 0) is 23.8 Å². The summed E-state index contributed by atoms with van der Waals surface area (Å²) < 4.78 is 13.2. The van der Waals surface area contributed by atoms with Gasteiger partial charge >= 0.3 is 0 Å². The smallest absolute Gasteiger partial charge is 0.142 e. The van der Waals surface area contributed by atoms with E-state index >= 15 is 0 Å². The Hall–Kier alpha value is -1.87. The zero-order valence-electron chi connectivity index (χ0n) is 9.51. The zero-order valence-corrected chi connectivity index (χ0v) is 10.3. The summed E-state index contributed by atoms with van der Waals surface area (Å²) in [5, 5.41) is 4.37. The number of nitrogens with zero attached hydrogens (tertiary/aromatic N) is 1. The lowest BCUT2D eigenvalue weighted by atomic mass is 10.2. The minimum atomic E-state index is -0.326.